The predicted molar refractivity (Wildman–Crippen MR) is 155 cm³/mol. The summed E-state index contributed by atoms with van der Waals surface area (Å²) >= 11 is 0. The van der Waals surface area contributed by atoms with E-state index >= 15 is 0 Å². The molecule has 1 atom stereocenters. The zero-order chi connectivity index (χ0) is 27.3. The average Bonchev–Trinajstić information content (AvgIpc) is 2.84. The van der Waals surface area contributed by atoms with Crippen LogP contribution in [-0.4, -0.2) is 23.3 Å². The largest absolute Gasteiger partial charge is 0.487 e. The van der Waals surface area contributed by atoms with Crippen LogP contribution in [0.2, 0.25) is 0 Å². The standard InChI is InChI=1S/C33H56O4/c1-25(2)20-18-16-14-12-10-8-7-9-11-13-15-17-19-22-33(6)23-21-29-28(5)31(36-24-30(34)35)26(3)27(4)32(29)37-33/h25H,7-24H2,1-6H3,(H,34,35)/t33-/m1/s1. The first kappa shape index (κ1) is 31.5. The molecule has 212 valence electrons. The number of carbonyl (C=O) groups is 1. The van der Waals surface area contributed by atoms with Crippen LogP contribution in [0, 0.1) is 26.7 Å². The smallest absolute Gasteiger partial charge is 0.341 e. The number of carboxylic acids is 1. The highest BCUT2D eigenvalue weighted by Crippen LogP contribution is 2.44. The predicted octanol–water partition coefficient (Wildman–Crippen LogP) is 9.67. The summed E-state index contributed by atoms with van der Waals surface area (Å²) in [6, 6.07) is 0. The van der Waals surface area contributed by atoms with Crippen molar-refractivity contribution in [2.75, 3.05) is 6.61 Å². The molecule has 0 amide bonds. The van der Waals surface area contributed by atoms with Gasteiger partial charge in [0.2, 0.25) is 0 Å². The van der Waals surface area contributed by atoms with Crippen molar-refractivity contribution in [3.05, 3.63) is 22.3 Å². The number of fused-ring (bicyclic) bond motifs is 1. The molecule has 37 heavy (non-hydrogen) atoms. The molecule has 1 aliphatic rings. The van der Waals surface area contributed by atoms with E-state index in [1.54, 1.807) is 0 Å². The molecule has 4 heteroatoms. The van der Waals surface area contributed by atoms with E-state index in [0.717, 1.165) is 47.6 Å². The van der Waals surface area contributed by atoms with E-state index in [1.165, 1.54) is 95.5 Å². The van der Waals surface area contributed by atoms with Gasteiger partial charge in [-0.1, -0.05) is 97.3 Å². The summed E-state index contributed by atoms with van der Waals surface area (Å²) in [5.74, 6) is 1.63. The van der Waals surface area contributed by atoms with Crippen LogP contribution in [0.4, 0.5) is 0 Å². The lowest BCUT2D eigenvalue weighted by Gasteiger charge is -2.38. The van der Waals surface area contributed by atoms with Gasteiger partial charge in [0.15, 0.2) is 6.61 Å². The molecule has 1 aliphatic heterocycles. The zero-order valence-electron chi connectivity index (χ0n) is 25.0. The third-order valence-electron chi connectivity index (χ3n) is 8.39. The first-order valence-corrected chi connectivity index (χ1v) is 15.3. The molecule has 4 nitrogen and oxygen atoms in total. The Morgan fingerprint density at radius 1 is 0.838 bits per heavy atom. The number of ether oxygens (including phenoxy) is 2. The minimum Gasteiger partial charge on any atom is -0.487 e. The van der Waals surface area contributed by atoms with Crippen LogP contribution >= 0.6 is 0 Å². The maximum Gasteiger partial charge on any atom is 0.341 e. The van der Waals surface area contributed by atoms with Crippen molar-refractivity contribution in [3.8, 4) is 11.5 Å². The number of carboxylic acid groups (broad SMARTS) is 1. The minimum absolute atomic E-state index is 0.116. The van der Waals surface area contributed by atoms with Gasteiger partial charge in [-0.05, 0) is 76.0 Å². The Hall–Kier alpha value is -1.71. The van der Waals surface area contributed by atoms with Crippen LogP contribution in [0.1, 0.15) is 146 Å². The van der Waals surface area contributed by atoms with Gasteiger partial charge in [-0.3, -0.25) is 0 Å². The molecule has 0 saturated carbocycles. The molecule has 2 rings (SSSR count). The lowest BCUT2D eigenvalue weighted by atomic mass is 9.84. The van der Waals surface area contributed by atoms with Crippen molar-refractivity contribution in [1.29, 1.82) is 0 Å². The normalized spacial score (nSPS) is 17.1. The van der Waals surface area contributed by atoms with Crippen molar-refractivity contribution in [1.82, 2.24) is 0 Å². The first-order chi connectivity index (χ1) is 17.6. The summed E-state index contributed by atoms with van der Waals surface area (Å²) in [5, 5.41) is 9.02. The molecule has 0 saturated heterocycles. The fourth-order valence-corrected chi connectivity index (χ4v) is 5.80. The molecule has 1 N–H and O–H groups in total. The maximum atomic E-state index is 11.0. The number of unbranched alkanes of at least 4 members (excludes halogenated alkanes) is 12. The van der Waals surface area contributed by atoms with E-state index in [9.17, 15) is 4.79 Å². The van der Waals surface area contributed by atoms with Crippen molar-refractivity contribution >= 4 is 5.97 Å². The number of benzene rings is 1. The summed E-state index contributed by atoms with van der Waals surface area (Å²) in [6.07, 6.45) is 22.4. The van der Waals surface area contributed by atoms with Gasteiger partial charge in [-0.2, -0.15) is 0 Å². The molecule has 0 bridgehead atoms. The lowest BCUT2D eigenvalue weighted by Crippen LogP contribution is -2.37. The Balaban J connectivity index is 1.61. The Kier molecular flexibility index (Phi) is 13.9. The van der Waals surface area contributed by atoms with E-state index in [2.05, 4.69) is 27.7 Å². The topological polar surface area (TPSA) is 55.8 Å². The number of hydrogen-bond acceptors (Lipinski definition) is 3. The summed E-state index contributed by atoms with van der Waals surface area (Å²) in [5.41, 5.74) is 4.17. The molecular formula is C33H56O4. The molecule has 1 heterocycles. The quantitative estimate of drug-likeness (QED) is 0.186. The van der Waals surface area contributed by atoms with Gasteiger partial charge in [-0.15, -0.1) is 0 Å². The Bertz CT molecular complexity index is 828. The summed E-state index contributed by atoms with van der Waals surface area (Å²) in [7, 11) is 0. The zero-order valence-corrected chi connectivity index (χ0v) is 25.0. The van der Waals surface area contributed by atoms with Crippen LogP contribution < -0.4 is 9.47 Å². The molecule has 0 fully saturated rings. The molecule has 0 radical (unpaired) electrons. The maximum absolute atomic E-state index is 11.0. The van der Waals surface area contributed by atoms with Gasteiger partial charge in [0, 0.05) is 5.56 Å². The fraction of sp³-hybridized carbons (Fsp3) is 0.788. The van der Waals surface area contributed by atoms with Crippen molar-refractivity contribution in [2.24, 2.45) is 5.92 Å². The van der Waals surface area contributed by atoms with E-state index in [0.29, 0.717) is 5.75 Å². The number of hydrogen-bond donors (Lipinski definition) is 1. The molecule has 0 aliphatic carbocycles. The SMILES string of the molecule is Cc1c(C)c2c(c(C)c1OCC(=O)O)CC[C@@](C)(CCCCCCCCCCCCCCCC(C)C)O2. The fourth-order valence-electron chi connectivity index (χ4n) is 5.80. The van der Waals surface area contributed by atoms with Crippen molar-refractivity contribution in [3.63, 3.8) is 0 Å². The molecule has 0 spiro atoms. The summed E-state index contributed by atoms with van der Waals surface area (Å²) in [4.78, 5) is 11.0. The van der Waals surface area contributed by atoms with Crippen LogP contribution in [-0.2, 0) is 11.2 Å². The van der Waals surface area contributed by atoms with E-state index in [1.807, 2.05) is 13.8 Å². The van der Waals surface area contributed by atoms with Gasteiger partial charge in [-0.25, -0.2) is 4.79 Å². The molecule has 1 aromatic carbocycles. The first-order valence-electron chi connectivity index (χ1n) is 15.3. The Morgan fingerprint density at radius 3 is 1.86 bits per heavy atom. The van der Waals surface area contributed by atoms with E-state index in [-0.39, 0.29) is 12.2 Å². The number of aliphatic carboxylic acids is 1. The molecule has 0 aromatic heterocycles. The van der Waals surface area contributed by atoms with Gasteiger partial charge < -0.3 is 14.6 Å². The molecular weight excluding hydrogens is 460 g/mol. The average molecular weight is 517 g/mol. The van der Waals surface area contributed by atoms with Crippen molar-refractivity contribution < 1.29 is 19.4 Å². The summed E-state index contributed by atoms with van der Waals surface area (Å²) in [6.45, 7) is 12.7. The van der Waals surface area contributed by atoms with Gasteiger partial charge >= 0.3 is 5.97 Å². The number of rotatable bonds is 19. The highest BCUT2D eigenvalue weighted by Gasteiger charge is 2.34. The van der Waals surface area contributed by atoms with Crippen LogP contribution in [0.3, 0.4) is 0 Å². The second kappa shape index (κ2) is 16.3. The third-order valence-corrected chi connectivity index (χ3v) is 8.39. The molecule has 0 unspecified atom stereocenters. The van der Waals surface area contributed by atoms with Crippen LogP contribution in [0.25, 0.3) is 0 Å². The Labute approximate surface area is 227 Å². The lowest BCUT2D eigenvalue weighted by molar-refractivity contribution is -0.139. The van der Waals surface area contributed by atoms with Gasteiger partial charge in [0.25, 0.3) is 0 Å². The highest BCUT2D eigenvalue weighted by atomic mass is 16.5. The summed E-state index contributed by atoms with van der Waals surface area (Å²) < 4.78 is 12.3. The second-order valence-electron chi connectivity index (χ2n) is 12.3. The Morgan fingerprint density at radius 2 is 1.35 bits per heavy atom. The van der Waals surface area contributed by atoms with Crippen LogP contribution in [0.15, 0.2) is 0 Å². The highest BCUT2D eigenvalue weighted by molar-refractivity contribution is 5.69. The van der Waals surface area contributed by atoms with E-state index in [4.69, 9.17) is 14.6 Å². The van der Waals surface area contributed by atoms with Gasteiger partial charge in [0.05, 0.1) is 0 Å². The minimum atomic E-state index is -0.948. The van der Waals surface area contributed by atoms with Gasteiger partial charge in [0.1, 0.15) is 17.1 Å². The second-order valence-corrected chi connectivity index (χ2v) is 12.3. The van der Waals surface area contributed by atoms with Crippen molar-refractivity contribution in [2.45, 2.75) is 156 Å². The monoisotopic (exact) mass is 516 g/mol. The molecule has 1 aromatic rings. The third kappa shape index (κ3) is 10.9. The van der Waals surface area contributed by atoms with E-state index < -0.39 is 5.97 Å². The van der Waals surface area contributed by atoms with Crippen LogP contribution in [0.5, 0.6) is 11.5 Å².